The van der Waals surface area contributed by atoms with Gasteiger partial charge in [0.25, 0.3) is 0 Å². The standard InChI is InChI=1S/C33H50N2/c1-25-31(27-16-8-3-9-17-27)24-32(35(25)29-20-12-5-13-21-29)33-30(26-14-6-2-7-15-26)22-23-34(33)28-18-10-4-11-19-28/h22-24,26-29H,2-21H2,1H3. The summed E-state index contributed by atoms with van der Waals surface area (Å²) < 4.78 is 5.71. The minimum absolute atomic E-state index is 0.712. The molecule has 0 saturated heterocycles. The van der Waals surface area contributed by atoms with Gasteiger partial charge in [-0.1, -0.05) is 77.0 Å². The summed E-state index contributed by atoms with van der Waals surface area (Å²) in [5, 5.41) is 0. The largest absolute Gasteiger partial charge is 0.343 e. The number of hydrogen-bond donors (Lipinski definition) is 0. The van der Waals surface area contributed by atoms with Crippen molar-refractivity contribution in [3.63, 3.8) is 0 Å². The minimum Gasteiger partial charge on any atom is -0.343 e. The monoisotopic (exact) mass is 474 g/mol. The molecule has 2 heterocycles. The van der Waals surface area contributed by atoms with Crippen molar-refractivity contribution in [2.24, 2.45) is 0 Å². The van der Waals surface area contributed by atoms with Gasteiger partial charge >= 0.3 is 0 Å². The molecule has 35 heavy (non-hydrogen) atoms. The molecule has 4 saturated carbocycles. The lowest BCUT2D eigenvalue weighted by Gasteiger charge is -2.31. The first-order chi connectivity index (χ1) is 17.3. The molecule has 0 atom stereocenters. The van der Waals surface area contributed by atoms with Gasteiger partial charge < -0.3 is 9.13 Å². The van der Waals surface area contributed by atoms with E-state index in [1.165, 1.54) is 128 Å². The fourth-order valence-electron chi connectivity index (χ4n) is 8.61. The quantitative estimate of drug-likeness (QED) is 0.408. The van der Waals surface area contributed by atoms with Gasteiger partial charge in [0.2, 0.25) is 0 Å². The maximum Gasteiger partial charge on any atom is 0.0686 e. The van der Waals surface area contributed by atoms with E-state index in [4.69, 9.17) is 0 Å². The van der Waals surface area contributed by atoms with Crippen LogP contribution in [0.1, 0.15) is 169 Å². The van der Waals surface area contributed by atoms with Crippen molar-refractivity contribution in [1.29, 1.82) is 0 Å². The van der Waals surface area contributed by atoms with E-state index in [0.29, 0.717) is 12.1 Å². The molecule has 4 aliphatic carbocycles. The van der Waals surface area contributed by atoms with Crippen molar-refractivity contribution in [2.45, 2.75) is 159 Å². The van der Waals surface area contributed by atoms with Crippen LogP contribution in [0.2, 0.25) is 0 Å². The molecular weight excluding hydrogens is 424 g/mol. The Morgan fingerprint density at radius 2 is 1.06 bits per heavy atom. The molecule has 0 bridgehead atoms. The van der Waals surface area contributed by atoms with Gasteiger partial charge in [-0.3, -0.25) is 0 Å². The van der Waals surface area contributed by atoms with E-state index in [1.54, 1.807) is 28.2 Å². The fraction of sp³-hybridized carbons (Fsp3) is 0.758. The van der Waals surface area contributed by atoms with Crippen molar-refractivity contribution in [3.8, 4) is 11.4 Å². The van der Waals surface area contributed by atoms with E-state index in [9.17, 15) is 0 Å². The minimum atomic E-state index is 0.712. The van der Waals surface area contributed by atoms with Crippen LogP contribution in [0.3, 0.4) is 0 Å². The Balaban J connectivity index is 1.49. The zero-order valence-electron chi connectivity index (χ0n) is 22.6. The van der Waals surface area contributed by atoms with Crippen LogP contribution in [0.5, 0.6) is 0 Å². The summed E-state index contributed by atoms with van der Waals surface area (Å²) >= 11 is 0. The van der Waals surface area contributed by atoms with Crippen molar-refractivity contribution in [2.75, 3.05) is 0 Å². The average molecular weight is 475 g/mol. The van der Waals surface area contributed by atoms with E-state index in [1.807, 2.05) is 0 Å². The first-order valence-corrected chi connectivity index (χ1v) is 15.7. The van der Waals surface area contributed by atoms with Crippen LogP contribution in [0.15, 0.2) is 18.3 Å². The van der Waals surface area contributed by atoms with Gasteiger partial charge in [-0.15, -0.1) is 0 Å². The molecule has 0 aliphatic heterocycles. The molecule has 2 aromatic rings. The Labute approximate surface area is 214 Å². The summed E-state index contributed by atoms with van der Waals surface area (Å²) in [6.45, 7) is 2.50. The van der Waals surface area contributed by atoms with Crippen LogP contribution in [-0.2, 0) is 0 Å². The molecule has 0 radical (unpaired) electrons. The van der Waals surface area contributed by atoms with Gasteiger partial charge in [0.1, 0.15) is 0 Å². The van der Waals surface area contributed by atoms with Crippen LogP contribution in [0, 0.1) is 6.92 Å². The normalized spacial score (nSPS) is 24.3. The topological polar surface area (TPSA) is 9.86 Å². The summed E-state index contributed by atoms with van der Waals surface area (Å²) in [4.78, 5) is 0. The lowest BCUT2D eigenvalue weighted by molar-refractivity contribution is 0.344. The van der Waals surface area contributed by atoms with Crippen molar-refractivity contribution >= 4 is 0 Å². The molecule has 0 N–H and O–H groups in total. The highest BCUT2D eigenvalue weighted by molar-refractivity contribution is 5.66. The Hall–Kier alpha value is -1.44. The third kappa shape index (κ3) is 4.80. The molecule has 0 amide bonds. The lowest BCUT2D eigenvalue weighted by Crippen LogP contribution is -2.19. The van der Waals surface area contributed by atoms with Gasteiger partial charge in [0.05, 0.1) is 11.4 Å². The third-order valence-corrected chi connectivity index (χ3v) is 10.5. The zero-order chi connectivity index (χ0) is 23.6. The van der Waals surface area contributed by atoms with Gasteiger partial charge in [-0.25, -0.2) is 0 Å². The molecule has 2 aromatic heterocycles. The molecule has 0 aromatic carbocycles. The van der Waals surface area contributed by atoms with Gasteiger partial charge in [0.15, 0.2) is 0 Å². The highest BCUT2D eigenvalue weighted by Crippen LogP contribution is 2.47. The van der Waals surface area contributed by atoms with Crippen molar-refractivity contribution in [3.05, 3.63) is 35.2 Å². The second-order valence-corrected chi connectivity index (χ2v) is 12.7. The van der Waals surface area contributed by atoms with Crippen LogP contribution >= 0.6 is 0 Å². The zero-order valence-corrected chi connectivity index (χ0v) is 22.6. The van der Waals surface area contributed by atoms with Crippen molar-refractivity contribution < 1.29 is 0 Å². The van der Waals surface area contributed by atoms with E-state index < -0.39 is 0 Å². The Morgan fingerprint density at radius 1 is 0.571 bits per heavy atom. The summed E-state index contributed by atoms with van der Waals surface area (Å²) in [5.74, 6) is 1.57. The Bertz CT molecular complexity index is 918. The van der Waals surface area contributed by atoms with Gasteiger partial charge in [0, 0.05) is 24.0 Å². The average Bonchev–Trinajstić information content (AvgIpc) is 3.52. The third-order valence-electron chi connectivity index (χ3n) is 10.5. The number of aromatic nitrogens is 2. The SMILES string of the molecule is Cc1c(C2CCCCC2)cc(-c2c(C3CCCCC3)ccn2C2CCCCC2)n1C1CCCCC1. The number of hydrogen-bond acceptors (Lipinski definition) is 0. The van der Waals surface area contributed by atoms with Crippen LogP contribution in [-0.4, -0.2) is 9.13 Å². The maximum atomic E-state index is 2.91. The summed E-state index contributed by atoms with van der Waals surface area (Å²) in [7, 11) is 0. The van der Waals surface area contributed by atoms with E-state index >= 15 is 0 Å². The summed E-state index contributed by atoms with van der Waals surface area (Å²) in [5.41, 5.74) is 8.33. The molecule has 6 rings (SSSR count). The van der Waals surface area contributed by atoms with E-state index in [-0.39, 0.29) is 0 Å². The Morgan fingerprint density at radius 3 is 1.63 bits per heavy atom. The maximum absolute atomic E-state index is 2.91. The highest BCUT2D eigenvalue weighted by Gasteiger charge is 2.31. The summed E-state index contributed by atoms with van der Waals surface area (Å²) in [6, 6.07) is 6.74. The molecule has 4 aliphatic rings. The molecule has 2 nitrogen and oxygen atoms in total. The summed E-state index contributed by atoms with van der Waals surface area (Å²) in [6.07, 6.45) is 30.8. The molecule has 4 fully saturated rings. The predicted molar refractivity (Wildman–Crippen MR) is 148 cm³/mol. The fourth-order valence-corrected chi connectivity index (χ4v) is 8.61. The molecule has 2 heteroatoms. The predicted octanol–water partition coefficient (Wildman–Crippen LogP) is 10.4. The van der Waals surface area contributed by atoms with Crippen LogP contribution in [0.4, 0.5) is 0 Å². The smallest absolute Gasteiger partial charge is 0.0686 e. The highest BCUT2D eigenvalue weighted by atomic mass is 15.1. The van der Waals surface area contributed by atoms with Crippen LogP contribution < -0.4 is 0 Å². The van der Waals surface area contributed by atoms with E-state index in [2.05, 4.69) is 34.4 Å². The van der Waals surface area contributed by atoms with Gasteiger partial charge in [-0.05, 0) is 93.4 Å². The molecule has 0 unspecified atom stereocenters. The second kappa shape index (κ2) is 10.9. The lowest BCUT2D eigenvalue weighted by atomic mass is 9.83. The first kappa shape index (κ1) is 23.9. The Kier molecular flexibility index (Phi) is 7.45. The van der Waals surface area contributed by atoms with Gasteiger partial charge in [-0.2, -0.15) is 0 Å². The van der Waals surface area contributed by atoms with Crippen LogP contribution in [0.25, 0.3) is 11.4 Å². The molecule has 192 valence electrons. The molecular formula is C33H50N2. The number of nitrogens with zero attached hydrogens (tertiary/aromatic N) is 2. The second-order valence-electron chi connectivity index (χ2n) is 12.7. The van der Waals surface area contributed by atoms with Crippen molar-refractivity contribution in [1.82, 2.24) is 9.13 Å². The number of rotatable bonds is 5. The molecule has 0 spiro atoms. The van der Waals surface area contributed by atoms with E-state index in [0.717, 1.165) is 11.8 Å². The first-order valence-electron chi connectivity index (χ1n) is 15.7.